The molecule has 0 aromatic heterocycles. The van der Waals surface area contributed by atoms with Crippen LogP contribution in [0.1, 0.15) is 19.3 Å². The van der Waals surface area contributed by atoms with Crippen molar-refractivity contribution in [3.8, 4) is 0 Å². The summed E-state index contributed by atoms with van der Waals surface area (Å²) in [7, 11) is 2.04. The molecule has 2 saturated heterocycles. The summed E-state index contributed by atoms with van der Waals surface area (Å²) in [6, 6.07) is 9.99. The molecule has 2 heterocycles. The van der Waals surface area contributed by atoms with Gasteiger partial charge in [0.25, 0.3) is 0 Å². The van der Waals surface area contributed by atoms with Crippen molar-refractivity contribution in [1.82, 2.24) is 15.1 Å². The standard InChI is InChI=1S/C18H25N3O2S/c1-20-11-5-10-19-17(23)18(20)8-12-21(13-9-18)16(22)14-24-15-6-3-2-4-7-15/h2-4,6-7H,5,8-14H2,1H3,(H,19,23). The Morgan fingerprint density at radius 1 is 1.21 bits per heavy atom. The van der Waals surface area contributed by atoms with E-state index < -0.39 is 5.54 Å². The highest BCUT2D eigenvalue weighted by atomic mass is 32.2. The van der Waals surface area contributed by atoms with Gasteiger partial charge in [-0.2, -0.15) is 0 Å². The Bertz CT molecular complexity index is 585. The van der Waals surface area contributed by atoms with Gasteiger partial charge < -0.3 is 10.2 Å². The summed E-state index contributed by atoms with van der Waals surface area (Å²) < 4.78 is 0. The molecule has 0 bridgehead atoms. The second-order valence-electron chi connectivity index (χ2n) is 6.55. The van der Waals surface area contributed by atoms with Crippen molar-refractivity contribution in [2.24, 2.45) is 0 Å². The van der Waals surface area contributed by atoms with Crippen molar-refractivity contribution in [3.63, 3.8) is 0 Å². The molecular formula is C18H25N3O2S. The van der Waals surface area contributed by atoms with Crippen molar-refractivity contribution in [2.75, 3.05) is 39.0 Å². The Morgan fingerprint density at radius 3 is 2.62 bits per heavy atom. The molecule has 2 aliphatic rings. The molecule has 0 unspecified atom stereocenters. The minimum Gasteiger partial charge on any atom is -0.354 e. The second kappa shape index (κ2) is 7.57. The summed E-state index contributed by atoms with van der Waals surface area (Å²) in [6.07, 6.45) is 2.43. The molecule has 3 rings (SSSR count). The van der Waals surface area contributed by atoms with Gasteiger partial charge >= 0.3 is 0 Å². The van der Waals surface area contributed by atoms with Gasteiger partial charge in [-0.15, -0.1) is 11.8 Å². The van der Waals surface area contributed by atoms with Gasteiger partial charge in [-0.05, 0) is 38.4 Å². The number of carbonyl (C=O) groups is 2. The summed E-state index contributed by atoms with van der Waals surface area (Å²) in [6.45, 7) is 3.00. The molecule has 1 N–H and O–H groups in total. The summed E-state index contributed by atoms with van der Waals surface area (Å²) in [4.78, 5) is 30.2. The van der Waals surface area contributed by atoms with Gasteiger partial charge in [0.15, 0.2) is 0 Å². The normalized spacial score (nSPS) is 21.4. The van der Waals surface area contributed by atoms with Crippen LogP contribution in [0.4, 0.5) is 0 Å². The molecule has 1 spiro atoms. The number of likely N-dealkylation sites (tertiary alicyclic amines) is 1. The zero-order valence-corrected chi connectivity index (χ0v) is 15.0. The predicted molar refractivity (Wildman–Crippen MR) is 96.0 cm³/mol. The van der Waals surface area contributed by atoms with Crippen LogP contribution in [-0.4, -0.2) is 66.1 Å². The molecule has 0 aliphatic carbocycles. The van der Waals surface area contributed by atoms with Crippen LogP contribution < -0.4 is 5.32 Å². The summed E-state index contributed by atoms with van der Waals surface area (Å²) in [5, 5.41) is 3.04. The number of rotatable bonds is 3. The molecule has 130 valence electrons. The lowest BCUT2D eigenvalue weighted by Crippen LogP contribution is -2.61. The van der Waals surface area contributed by atoms with Crippen LogP contribution in [0.3, 0.4) is 0 Å². The van der Waals surface area contributed by atoms with E-state index in [1.807, 2.05) is 42.3 Å². The van der Waals surface area contributed by atoms with Crippen molar-refractivity contribution in [1.29, 1.82) is 0 Å². The number of nitrogens with one attached hydrogen (secondary N) is 1. The lowest BCUT2D eigenvalue weighted by atomic mass is 9.85. The molecule has 0 radical (unpaired) electrons. The van der Waals surface area contributed by atoms with Gasteiger partial charge in [0.05, 0.1) is 5.75 Å². The minimum absolute atomic E-state index is 0.133. The van der Waals surface area contributed by atoms with Crippen molar-refractivity contribution < 1.29 is 9.59 Å². The largest absolute Gasteiger partial charge is 0.354 e. The maximum Gasteiger partial charge on any atom is 0.240 e. The highest BCUT2D eigenvalue weighted by molar-refractivity contribution is 8.00. The van der Waals surface area contributed by atoms with E-state index in [0.717, 1.165) is 37.2 Å². The van der Waals surface area contributed by atoms with E-state index in [-0.39, 0.29) is 11.8 Å². The van der Waals surface area contributed by atoms with E-state index >= 15 is 0 Å². The van der Waals surface area contributed by atoms with Crippen molar-refractivity contribution in [2.45, 2.75) is 29.7 Å². The number of amides is 2. The number of piperidine rings is 1. The Labute approximate surface area is 147 Å². The molecule has 6 heteroatoms. The number of benzene rings is 1. The molecule has 1 aromatic rings. The zero-order chi connectivity index (χ0) is 17.0. The van der Waals surface area contributed by atoms with Gasteiger partial charge in [0, 0.05) is 31.1 Å². The smallest absolute Gasteiger partial charge is 0.240 e. The number of thioether (sulfide) groups is 1. The number of carbonyl (C=O) groups excluding carboxylic acids is 2. The first-order valence-corrected chi connectivity index (χ1v) is 9.55. The third kappa shape index (κ3) is 3.59. The monoisotopic (exact) mass is 347 g/mol. The van der Waals surface area contributed by atoms with E-state index in [1.54, 1.807) is 11.8 Å². The first-order chi connectivity index (χ1) is 11.6. The zero-order valence-electron chi connectivity index (χ0n) is 14.2. The van der Waals surface area contributed by atoms with E-state index in [2.05, 4.69) is 10.2 Å². The third-order valence-electron chi connectivity index (χ3n) is 5.16. The van der Waals surface area contributed by atoms with Crippen LogP contribution in [0.15, 0.2) is 35.2 Å². The van der Waals surface area contributed by atoms with Gasteiger partial charge in [-0.25, -0.2) is 0 Å². The number of hydrogen-bond acceptors (Lipinski definition) is 4. The van der Waals surface area contributed by atoms with Gasteiger partial charge in [-0.3, -0.25) is 14.5 Å². The maximum absolute atomic E-state index is 12.5. The van der Waals surface area contributed by atoms with E-state index in [0.29, 0.717) is 18.8 Å². The average molecular weight is 347 g/mol. The third-order valence-corrected chi connectivity index (χ3v) is 6.15. The van der Waals surface area contributed by atoms with Crippen LogP contribution in [0.25, 0.3) is 0 Å². The number of hydrogen-bond donors (Lipinski definition) is 1. The van der Waals surface area contributed by atoms with E-state index in [1.165, 1.54) is 0 Å². The first-order valence-electron chi connectivity index (χ1n) is 8.57. The quantitative estimate of drug-likeness (QED) is 0.844. The van der Waals surface area contributed by atoms with Crippen LogP contribution in [0, 0.1) is 0 Å². The summed E-state index contributed by atoms with van der Waals surface area (Å²) in [5.74, 6) is 0.752. The summed E-state index contributed by atoms with van der Waals surface area (Å²) >= 11 is 1.57. The van der Waals surface area contributed by atoms with Gasteiger partial charge in [-0.1, -0.05) is 18.2 Å². The lowest BCUT2D eigenvalue weighted by molar-refractivity contribution is -0.140. The van der Waals surface area contributed by atoms with Crippen molar-refractivity contribution in [3.05, 3.63) is 30.3 Å². The molecule has 2 fully saturated rings. The van der Waals surface area contributed by atoms with Crippen LogP contribution >= 0.6 is 11.8 Å². The molecule has 1 aromatic carbocycles. The van der Waals surface area contributed by atoms with E-state index in [4.69, 9.17) is 0 Å². The fraction of sp³-hybridized carbons (Fsp3) is 0.556. The topological polar surface area (TPSA) is 52.7 Å². The molecule has 0 saturated carbocycles. The van der Waals surface area contributed by atoms with Crippen LogP contribution in [0.5, 0.6) is 0 Å². The maximum atomic E-state index is 12.5. The molecule has 0 atom stereocenters. The van der Waals surface area contributed by atoms with Crippen LogP contribution in [-0.2, 0) is 9.59 Å². The minimum atomic E-state index is -0.431. The fourth-order valence-electron chi connectivity index (χ4n) is 3.56. The molecule has 5 nitrogen and oxygen atoms in total. The SMILES string of the molecule is CN1CCCNC(=O)C12CCN(C(=O)CSc1ccccc1)CC2. The number of nitrogens with zero attached hydrogens (tertiary/aromatic N) is 2. The van der Waals surface area contributed by atoms with E-state index in [9.17, 15) is 9.59 Å². The molecular weight excluding hydrogens is 322 g/mol. The first kappa shape index (κ1) is 17.3. The molecule has 2 amide bonds. The fourth-order valence-corrected chi connectivity index (χ4v) is 4.38. The predicted octanol–water partition coefficient (Wildman–Crippen LogP) is 1.59. The second-order valence-corrected chi connectivity index (χ2v) is 7.59. The highest BCUT2D eigenvalue weighted by Crippen LogP contribution is 2.30. The van der Waals surface area contributed by atoms with Gasteiger partial charge in [0.2, 0.25) is 11.8 Å². The average Bonchev–Trinajstić information content (AvgIpc) is 2.75. The Hall–Kier alpha value is -1.53. The van der Waals surface area contributed by atoms with Crippen LogP contribution in [0.2, 0.25) is 0 Å². The van der Waals surface area contributed by atoms with Gasteiger partial charge in [0.1, 0.15) is 5.54 Å². The molecule has 2 aliphatic heterocycles. The molecule has 24 heavy (non-hydrogen) atoms. The Morgan fingerprint density at radius 2 is 1.92 bits per heavy atom. The van der Waals surface area contributed by atoms with Crippen molar-refractivity contribution >= 4 is 23.6 Å². The lowest BCUT2D eigenvalue weighted by Gasteiger charge is -2.44. The number of likely N-dealkylation sites (N-methyl/N-ethyl adjacent to an activating group) is 1. The highest BCUT2D eigenvalue weighted by Gasteiger charge is 2.45. The summed E-state index contributed by atoms with van der Waals surface area (Å²) in [5.41, 5.74) is -0.431. The Balaban J connectivity index is 1.56. The Kier molecular flexibility index (Phi) is 5.46.